The fraction of sp³-hybridized carbons (Fsp3) is 0.273. The van der Waals surface area contributed by atoms with Gasteiger partial charge in [0.25, 0.3) is 10.0 Å². The lowest BCUT2D eigenvalue weighted by Crippen LogP contribution is -2.13. The summed E-state index contributed by atoms with van der Waals surface area (Å²) < 4.78 is 32.9. The molecule has 0 bridgehead atoms. The number of carbonyl (C=O) groups is 1. The largest absolute Gasteiger partial charge is 0.475 e. The molecule has 9 heteroatoms. The number of aromatic carboxylic acids is 1. The summed E-state index contributed by atoms with van der Waals surface area (Å²) >= 11 is 0. The standard InChI is InChI=1S/C11H13N3O5S/c1-6-10(7(2)14(3)12-6)13-20(17,18)9-5-4-8(19-9)11(15)16/h4-5,13H,1-3H3,(H,15,16). The van der Waals surface area contributed by atoms with Crippen LogP contribution in [0.15, 0.2) is 21.6 Å². The zero-order chi connectivity index (χ0) is 15.1. The maximum absolute atomic E-state index is 12.1. The van der Waals surface area contributed by atoms with Crippen LogP contribution >= 0.6 is 0 Å². The molecule has 108 valence electrons. The second-order valence-corrected chi connectivity index (χ2v) is 5.81. The molecule has 2 aromatic rings. The van der Waals surface area contributed by atoms with Gasteiger partial charge in [-0.2, -0.15) is 13.5 Å². The van der Waals surface area contributed by atoms with Gasteiger partial charge in [-0.05, 0) is 26.0 Å². The van der Waals surface area contributed by atoms with Crippen LogP contribution in [0.25, 0.3) is 0 Å². The maximum atomic E-state index is 12.1. The summed E-state index contributed by atoms with van der Waals surface area (Å²) in [7, 11) is -2.30. The van der Waals surface area contributed by atoms with Crippen molar-refractivity contribution >= 4 is 21.7 Å². The zero-order valence-electron chi connectivity index (χ0n) is 11.0. The summed E-state index contributed by atoms with van der Waals surface area (Å²) in [6.45, 7) is 3.37. The van der Waals surface area contributed by atoms with Crippen LogP contribution in [0.2, 0.25) is 0 Å². The summed E-state index contributed by atoms with van der Waals surface area (Å²) in [4.78, 5) is 10.7. The van der Waals surface area contributed by atoms with E-state index in [1.165, 1.54) is 4.68 Å². The van der Waals surface area contributed by atoms with Gasteiger partial charge in [0, 0.05) is 7.05 Å². The molecule has 0 unspecified atom stereocenters. The first-order valence-corrected chi connectivity index (χ1v) is 7.07. The molecule has 0 saturated carbocycles. The third-order valence-corrected chi connectivity index (χ3v) is 4.02. The predicted molar refractivity (Wildman–Crippen MR) is 69.2 cm³/mol. The molecule has 0 saturated heterocycles. The Morgan fingerprint density at radius 3 is 2.50 bits per heavy atom. The zero-order valence-corrected chi connectivity index (χ0v) is 11.9. The van der Waals surface area contributed by atoms with Gasteiger partial charge in [-0.3, -0.25) is 9.40 Å². The van der Waals surface area contributed by atoms with Gasteiger partial charge in [-0.25, -0.2) is 4.79 Å². The summed E-state index contributed by atoms with van der Waals surface area (Å²) in [5.41, 5.74) is 1.50. The van der Waals surface area contributed by atoms with Crippen LogP contribution in [0.4, 0.5) is 5.69 Å². The van der Waals surface area contributed by atoms with E-state index in [-0.39, 0.29) is 0 Å². The van der Waals surface area contributed by atoms with Crippen LogP contribution < -0.4 is 4.72 Å². The van der Waals surface area contributed by atoms with E-state index in [1.807, 2.05) is 0 Å². The minimum atomic E-state index is -3.99. The highest BCUT2D eigenvalue weighted by Gasteiger charge is 2.23. The van der Waals surface area contributed by atoms with Crippen molar-refractivity contribution in [2.75, 3.05) is 4.72 Å². The second kappa shape index (κ2) is 4.67. The molecule has 0 atom stereocenters. The molecule has 0 spiro atoms. The average molecular weight is 299 g/mol. The van der Waals surface area contributed by atoms with Crippen LogP contribution in [0.3, 0.4) is 0 Å². The highest BCUT2D eigenvalue weighted by atomic mass is 32.2. The lowest BCUT2D eigenvalue weighted by atomic mass is 10.3. The van der Waals surface area contributed by atoms with E-state index >= 15 is 0 Å². The molecule has 2 heterocycles. The number of furan rings is 1. The highest BCUT2D eigenvalue weighted by Crippen LogP contribution is 2.23. The smallest absolute Gasteiger partial charge is 0.371 e. The molecule has 0 aliphatic carbocycles. The fourth-order valence-corrected chi connectivity index (χ4v) is 2.80. The molecule has 0 aliphatic rings. The molecule has 2 aromatic heterocycles. The third kappa shape index (κ3) is 2.39. The number of hydrogen-bond acceptors (Lipinski definition) is 5. The summed E-state index contributed by atoms with van der Waals surface area (Å²) in [6, 6.07) is 2.17. The van der Waals surface area contributed by atoms with Crippen LogP contribution in [-0.2, 0) is 17.1 Å². The maximum Gasteiger partial charge on any atom is 0.371 e. The number of aryl methyl sites for hydroxylation is 2. The van der Waals surface area contributed by atoms with E-state index in [0.717, 1.165) is 12.1 Å². The van der Waals surface area contributed by atoms with Crippen LogP contribution in [0.5, 0.6) is 0 Å². The van der Waals surface area contributed by atoms with Gasteiger partial charge in [0.05, 0.1) is 17.1 Å². The number of sulfonamides is 1. The van der Waals surface area contributed by atoms with Gasteiger partial charge >= 0.3 is 5.97 Å². The number of aromatic nitrogens is 2. The van der Waals surface area contributed by atoms with Crippen molar-refractivity contribution in [1.82, 2.24) is 9.78 Å². The van der Waals surface area contributed by atoms with Gasteiger partial charge < -0.3 is 9.52 Å². The number of nitrogens with zero attached hydrogens (tertiary/aromatic N) is 2. The van der Waals surface area contributed by atoms with Crippen molar-refractivity contribution in [3.05, 3.63) is 29.3 Å². The minimum absolute atomic E-state index is 0.348. The van der Waals surface area contributed by atoms with Gasteiger partial charge in [0.15, 0.2) is 0 Å². The Labute approximate surface area is 115 Å². The predicted octanol–water partition coefficient (Wildman–Crippen LogP) is 1.13. The number of carboxylic acids is 1. The van der Waals surface area contributed by atoms with Crippen LogP contribution in [0.1, 0.15) is 21.9 Å². The van der Waals surface area contributed by atoms with Crippen molar-refractivity contribution in [3.63, 3.8) is 0 Å². The topological polar surface area (TPSA) is 114 Å². The molecule has 2 rings (SSSR count). The number of rotatable bonds is 4. The first-order chi connectivity index (χ1) is 9.22. The van der Waals surface area contributed by atoms with Crippen LogP contribution in [0, 0.1) is 13.8 Å². The number of nitrogens with one attached hydrogen (secondary N) is 1. The van der Waals surface area contributed by atoms with Crippen molar-refractivity contribution in [2.45, 2.75) is 18.9 Å². The Hall–Kier alpha value is -2.29. The number of hydrogen-bond donors (Lipinski definition) is 2. The Bertz CT molecular complexity index is 772. The Morgan fingerprint density at radius 1 is 1.40 bits per heavy atom. The first-order valence-electron chi connectivity index (χ1n) is 5.58. The normalized spacial score (nSPS) is 11.6. The van der Waals surface area contributed by atoms with Crippen molar-refractivity contribution < 1.29 is 22.7 Å². The fourth-order valence-electron chi connectivity index (χ4n) is 1.69. The molecule has 0 aromatic carbocycles. The molecular weight excluding hydrogens is 286 g/mol. The minimum Gasteiger partial charge on any atom is -0.475 e. The molecular formula is C11H13N3O5S. The molecule has 0 aliphatic heterocycles. The first kappa shape index (κ1) is 14.1. The number of anilines is 1. The molecule has 0 amide bonds. The SMILES string of the molecule is Cc1nn(C)c(C)c1NS(=O)(=O)c1ccc(C(=O)O)o1. The summed E-state index contributed by atoms with van der Waals surface area (Å²) in [6.07, 6.45) is 0. The van der Waals surface area contributed by atoms with Gasteiger partial charge in [0.1, 0.15) is 0 Å². The highest BCUT2D eigenvalue weighted by molar-refractivity contribution is 7.92. The van der Waals surface area contributed by atoms with Gasteiger partial charge in [-0.1, -0.05) is 0 Å². The van der Waals surface area contributed by atoms with E-state index in [4.69, 9.17) is 9.52 Å². The number of carboxylic acid groups (broad SMARTS) is 1. The van der Waals surface area contributed by atoms with E-state index < -0.39 is 26.8 Å². The Morgan fingerprint density at radius 2 is 2.05 bits per heavy atom. The summed E-state index contributed by atoms with van der Waals surface area (Å²) in [5.74, 6) is -1.77. The second-order valence-electron chi connectivity index (χ2n) is 4.20. The van der Waals surface area contributed by atoms with E-state index in [2.05, 4.69) is 9.82 Å². The Kier molecular flexibility index (Phi) is 3.30. The Balaban J connectivity index is 2.38. The van der Waals surface area contributed by atoms with Crippen molar-refractivity contribution in [1.29, 1.82) is 0 Å². The monoisotopic (exact) mass is 299 g/mol. The van der Waals surface area contributed by atoms with Crippen LogP contribution in [-0.4, -0.2) is 29.3 Å². The van der Waals surface area contributed by atoms with Gasteiger partial charge in [-0.15, -0.1) is 0 Å². The molecule has 8 nitrogen and oxygen atoms in total. The molecule has 0 fully saturated rings. The lowest BCUT2D eigenvalue weighted by molar-refractivity contribution is 0.0656. The molecule has 2 N–H and O–H groups in total. The molecule has 20 heavy (non-hydrogen) atoms. The quantitative estimate of drug-likeness (QED) is 0.874. The van der Waals surface area contributed by atoms with Gasteiger partial charge in [0.2, 0.25) is 10.9 Å². The van der Waals surface area contributed by atoms with Crippen molar-refractivity contribution in [2.24, 2.45) is 7.05 Å². The van der Waals surface area contributed by atoms with E-state index in [9.17, 15) is 13.2 Å². The summed E-state index contributed by atoms with van der Waals surface area (Å²) in [5, 5.41) is 12.3. The average Bonchev–Trinajstić information content (AvgIpc) is 2.92. The van der Waals surface area contributed by atoms with Crippen molar-refractivity contribution in [3.8, 4) is 0 Å². The van der Waals surface area contributed by atoms with E-state index in [0.29, 0.717) is 17.1 Å². The lowest BCUT2D eigenvalue weighted by Gasteiger charge is -2.05. The van der Waals surface area contributed by atoms with E-state index in [1.54, 1.807) is 20.9 Å². The molecule has 0 radical (unpaired) electrons. The third-order valence-electron chi connectivity index (χ3n) is 2.80.